The van der Waals surface area contributed by atoms with E-state index >= 15 is 0 Å². The van der Waals surface area contributed by atoms with Crippen molar-refractivity contribution in [1.29, 1.82) is 0 Å². The van der Waals surface area contributed by atoms with E-state index in [2.05, 4.69) is 0 Å². The Morgan fingerprint density at radius 1 is 1.28 bits per heavy atom. The lowest BCUT2D eigenvalue weighted by Crippen LogP contribution is -2.30. The molecule has 1 rings (SSSR count). The van der Waals surface area contributed by atoms with Crippen LogP contribution in [-0.2, 0) is 6.42 Å². The van der Waals surface area contributed by atoms with Crippen molar-refractivity contribution < 1.29 is 23.1 Å². The van der Waals surface area contributed by atoms with E-state index in [0.717, 1.165) is 0 Å². The van der Waals surface area contributed by atoms with Gasteiger partial charge in [0.1, 0.15) is 0 Å². The topological polar surface area (TPSA) is 40.5 Å². The van der Waals surface area contributed by atoms with Gasteiger partial charge in [-0.1, -0.05) is 12.1 Å². The largest absolute Gasteiger partial charge is 0.414 e. The van der Waals surface area contributed by atoms with Crippen LogP contribution in [0.4, 0.5) is 13.2 Å². The van der Waals surface area contributed by atoms with E-state index in [1.165, 1.54) is 29.2 Å². The number of carbonyl (C=O) groups excluding carboxylic acids is 1. The third-order valence-electron chi connectivity index (χ3n) is 2.41. The van der Waals surface area contributed by atoms with Gasteiger partial charge in [0.25, 0.3) is 5.91 Å². The van der Waals surface area contributed by atoms with E-state index in [1.807, 2.05) is 0 Å². The number of aliphatic hydroxyl groups is 1. The molecule has 0 bridgehead atoms. The maximum atomic E-state index is 12.1. The summed E-state index contributed by atoms with van der Waals surface area (Å²) in [5, 5.41) is 8.91. The van der Waals surface area contributed by atoms with Crippen molar-refractivity contribution in [2.75, 3.05) is 14.1 Å². The molecule has 0 aromatic heterocycles. The highest BCUT2D eigenvalue weighted by Crippen LogP contribution is 2.23. The van der Waals surface area contributed by atoms with Crippen molar-refractivity contribution in [3.8, 4) is 0 Å². The number of nitrogens with zero attached hydrogens (tertiary/aromatic N) is 1. The van der Waals surface area contributed by atoms with Gasteiger partial charge in [-0.2, -0.15) is 13.2 Å². The van der Waals surface area contributed by atoms with Gasteiger partial charge in [-0.3, -0.25) is 4.79 Å². The lowest BCUT2D eigenvalue weighted by atomic mass is 10.1. The molecule has 1 N–H and O–H groups in total. The van der Waals surface area contributed by atoms with Crippen LogP contribution in [0.25, 0.3) is 0 Å². The zero-order chi connectivity index (χ0) is 13.9. The summed E-state index contributed by atoms with van der Waals surface area (Å²) in [6, 6.07) is 5.71. The maximum absolute atomic E-state index is 12.1. The molecule has 0 aliphatic carbocycles. The molecule has 0 saturated carbocycles. The first-order valence-corrected chi connectivity index (χ1v) is 5.27. The van der Waals surface area contributed by atoms with E-state index in [-0.39, 0.29) is 5.91 Å². The Kier molecular flexibility index (Phi) is 4.34. The third-order valence-corrected chi connectivity index (χ3v) is 2.41. The van der Waals surface area contributed by atoms with Gasteiger partial charge >= 0.3 is 6.18 Å². The zero-order valence-electron chi connectivity index (χ0n) is 10.0. The third kappa shape index (κ3) is 3.73. The van der Waals surface area contributed by atoms with Crippen molar-refractivity contribution in [3.63, 3.8) is 0 Å². The Balaban J connectivity index is 2.75. The average molecular weight is 261 g/mol. The van der Waals surface area contributed by atoms with Gasteiger partial charge in [0.05, 0.1) is 0 Å². The Morgan fingerprint density at radius 3 is 2.17 bits per heavy atom. The second-order valence-corrected chi connectivity index (χ2v) is 4.16. The summed E-state index contributed by atoms with van der Waals surface area (Å²) in [5.41, 5.74) is 0.723. The number of alkyl halides is 3. The van der Waals surface area contributed by atoms with Gasteiger partial charge < -0.3 is 10.0 Å². The molecule has 1 atom stereocenters. The summed E-state index contributed by atoms with van der Waals surface area (Å²) in [6.45, 7) is 0. The number of benzene rings is 1. The second kappa shape index (κ2) is 5.39. The van der Waals surface area contributed by atoms with Crippen LogP contribution >= 0.6 is 0 Å². The first-order valence-electron chi connectivity index (χ1n) is 5.27. The van der Waals surface area contributed by atoms with Gasteiger partial charge in [-0.15, -0.1) is 0 Å². The number of hydrogen-bond donors (Lipinski definition) is 1. The van der Waals surface area contributed by atoms with Crippen molar-refractivity contribution in [1.82, 2.24) is 4.90 Å². The fourth-order valence-corrected chi connectivity index (χ4v) is 1.38. The van der Waals surface area contributed by atoms with Gasteiger partial charge in [0.2, 0.25) is 0 Å². The molecule has 0 aliphatic heterocycles. The molecule has 18 heavy (non-hydrogen) atoms. The van der Waals surface area contributed by atoms with Crippen LogP contribution in [0.1, 0.15) is 15.9 Å². The molecule has 0 heterocycles. The lowest BCUT2D eigenvalue weighted by Gasteiger charge is -2.15. The number of rotatable bonds is 3. The first-order chi connectivity index (χ1) is 8.21. The standard InChI is InChI=1S/C12H14F3NO2/c1-16(2)11(18)9-5-3-8(4-6-9)7-10(17)12(13,14)15/h3-6,10,17H,7H2,1-2H3. The van der Waals surface area contributed by atoms with Crippen molar-refractivity contribution in [3.05, 3.63) is 35.4 Å². The summed E-state index contributed by atoms with van der Waals surface area (Å²) in [4.78, 5) is 12.9. The fourth-order valence-electron chi connectivity index (χ4n) is 1.38. The highest BCUT2D eigenvalue weighted by atomic mass is 19.4. The smallest absolute Gasteiger partial charge is 0.383 e. The summed E-state index contributed by atoms with van der Waals surface area (Å²) >= 11 is 0. The molecule has 3 nitrogen and oxygen atoms in total. The highest BCUT2D eigenvalue weighted by molar-refractivity contribution is 5.93. The summed E-state index contributed by atoms with van der Waals surface area (Å²) < 4.78 is 36.4. The molecule has 1 aromatic carbocycles. The fraction of sp³-hybridized carbons (Fsp3) is 0.417. The molecule has 1 amide bonds. The molecule has 0 aliphatic rings. The molecule has 0 fully saturated rings. The maximum Gasteiger partial charge on any atom is 0.414 e. The minimum Gasteiger partial charge on any atom is -0.383 e. The number of halogens is 3. The monoisotopic (exact) mass is 261 g/mol. The molecular formula is C12H14F3NO2. The summed E-state index contributed by atoms with van der Waals surface area (Å²) in [5.74, 6) is -0.224. The normalized spacial score (nSPS) is 13.2. The molecule has 6 heteroatoms. The zero-order valence-corrected chi connectivity index (χ0v) is 10.0. The van der Waals surface area contributed by atoms with E-state index in [0.29, 0.717) is 11.1 Å². The van der Waals surface area contributed by atoms with Crippen LogP contribution in [0.3, 0.4) is 0 Å². The quantitative estimate of drug-likeness (QED) is 0.902. The Labute approximate surface area is 103 Å². The number of carbonyl (C=O) groups is 1. The van der Waals surface area contributed by atoms with Crippen LogP contribution in [0.15, 0.2) is 24.3 Å². The van der Waals surface area contributed by atoms with E-state index < -0.39 is 18.7 Å². The van der Waals surface area contributed by atoms with Crippen LogP contribution in [0.2, 0.25) is 0 Å². The molecule has 0 radical (unpaired) electrons. The van der Waals surface area contributed by atoms with Crippen LogP contribution in [-0.4, -0.2) is 42.3 Å². The Bertz CT molecular complexity index is 412. The van der Waals surface area contributed by atoms with Crippen LogP contribution < -0.4 is 0 Å². The molecule has 0 spiro atoms. The summed E-state index contributed by atoms with van der Waals surface area (Å²) in [7, 11) is 3.17. The van der Waals surface area contributed by atoms with Crippen LogP contribution in [0, 0.1) is 0 Å². The van der Waals surface area contributed by atoms with E-state index in [1.54, 1.807) is 14.1 Å². The van der Waals surface area contributed by atoms with Crippen molar-refractivity contribution in [2.24, 2.45) is 0 Å². The summed E-state index contributed by atoms with van der Waals surface area (Å²) in [6.07, 6.45) is -7.52. The average Bonchev–Trinajstić information content (AvgIpc) is 2.27. The van der Waals surface area contributed by atoms with Gasteiger partial charge in [0, 0.05) is 26.1 Å². The predicted molar refractivity (Wildman–Crippen MR) is 60.2 cm³/mol. The van der Waals surface area contributed by atoms with Crippen molar-refractivity contribution >= 4 is 5.91 Å². The Morgan fingerprint density at radius 2 is 1.78 bits per heavy atom. The van der Waals surface area contributed by atoms with Gasteiger partial charge in [0.15, 0.2) is 6.10 Å². The second-order valence-electron chi connectivity index (χ2n) is 4.16. The SMILES string of the molecule is CN(C)C(=O)c1ccc(CC(O)C(F)(F)F)cc1. The lowest BCUT2D eigenvalue weighted by molar-refractivity contribution is -0.203. The predicted octanol–water partition coefficient (Wildman–Crippen LogP) is 1.85. The van der Waals surface area contributed by atoms with Gasteiger partial charge in [-0.25, -0.2) is 0 Å². The first kappa shape index (κ1) is 14.5. The number of amides is 1. The molecule has 0 saturated heterocycles. The van der Waals surface area contributed by atoms with Gasteiger partial charge in [-0.05, 0) is 17.7 Å². The minimum absolute atomic E-state index is 0.224. The highest BCUT2D eigenvalue weighted by Gasteiger charge is 2.37. The number of hydrogen-bond acceptors (Lipinski definition) is 2. The van der Waals surface area contributed by atoms with Crippen LogP contribution in [0.5, 0.6) is 0 Å². The molecule has 1 aromatic rings. The number of aliphatic hydroxyl groups excluding tert-OH is 1. The molecular weight excluding hydrogens is 247 g/mol. The van der Waals surface area contributed by atoms with E-state index in [9.17, 15) is 18.0 Å². The molecule has 100 valence electrons. The van der Waals surface area contributed by atoms with E-state index in [4.69, 9.17) is 5.11 Å². The van der Waals surface area contributed by atoms with Crippen molar-refractivity contribution in [2.45, 2.75) is 18.7 Å². The Hall–Kier alpha value is -1.56. The molecule has 1 unspecified atom stereocenters. The minimum atomic E-state index is -4.63.